The monoisotopic (exact) mass is 336 g/mol. The maximum atomic E-state index is 12.3. The van der Waals surface area contributed by atoms with E-state index in [4.69, 9.17) is 0 Å². The van der Waals surface area contributed by atoms with E-state index in [1.54, 1.807) is 0 Å². The Kier molecular flexibility index (Phi) is 4.13. The first-order valence-electron chi connectivity index (χ1n) is 7.38. The number of likely N-dealkylation sites (tertiary alicyclic amines) is 1. The minimum absolute atomic E-state index is 0.191. The van der Waals surface area contributed by atoms with Crippen LogP contribution in [0.15, 0.2) is 28.7 Å². The number of hydrogen-bond acceptors (Lipinski definition) is 2. The summed E-state index contributed by atoms with van der Waals surface area (Å²) in [6, 6.07) is 8.74. The van der Waals surface area contributed by atoms with Gasteiger partial charge in [-0.15, -0.1) is 0 Å². The SMILES string of the molecule is CN1CCC(NC(=O)[C@@H]2C[C@H]2c2ccc(Br)cc2)CC1. The summed E-state index contributed by atoms with van der Waals surface area (Å²) in [5, 5.41) is 3.24. The standard InChI is InChI=1S/C16H21BrN2O/c1-19-8-6-13(7-9-19)18-16(20)15-10-14(15)11-2-4-12(17)5-3-11/h2-5,13-15H,6-10H2,1H3,(H,18,20)/t14-,15+/m0/s1. The average molecular weight is 337 g/mol. The summed E-state index contributed by atoms with van der Waals surface area (Å²) in [5.41, 5.74) is 1.29. The molecule has 2 fully saturated rings. The quantitative estimate of drug-likeness (QED) is 0.920. The molecular formula is C16H21BrN2O. The van der Waals surface area contributed by atoms with Crippen molar-refractivity contribution in [2.24, 2.45) is 5.92 Å². The van der Waals surface area contributed by atoms with Crippen LogP contribution in [0.4, 0.5) is 0 Å². The van der Waals surface area contributed by atoms with Gasteiger partial charge in [0.1, 0.15) is 0 Å². The minimum Gasteiger partial charge on any atom is -0.353 e. The van der Waals surface area contributed by atoms with Crippen LogP contribution in [0.1, 0.15) is 30.7 Å². The van der Waals surface area contributed by atoms with Crippen LogP contribution in [-0.4, -0.2) is 37.0 Å². The van der Waals surface area contributed by atoms with E-state index in [0.717, 1.165) is 36.8 Å². The molecule has 0 radical (unpaired) electrons. The van der Waals surface area contributed by atoms with Gasteiger partial charge in [0, 0.05) is 16.4 Å². The molecule has 1 amide bonds. The van der Waals surface area contributed by atoms with Crippen molar-refractivity contribution in [2.45, 2.75) is 31.2 Å². The highest BCUT2D eigenvalue weighted by Crippen LogP contribution is 2.47. The number of piperidine rings is 1. The molecule has 1 aromatic rings. The Hall–Kier alpha value is -0.870. The number of carbonyl (C=O) groups excluding carboxylic acids is 1. The smallest absolute Gasteiger partial charge is 0.223 e. The highest BCUT2D eigenvalue weighted by molar-refractivity contribution is 9.10. The Morgan fingerprint density at radius 2 is 1.90 bits per heavy atom. The number of halogens is 1. The zero-order valence-electron chi connectivity index (χ0n) is 11.8. The van der Waals surface area contributed by atoms with E-state index >= 15 is 0 Å². The number of rotatable bonds is 3. The van der Waals surface area contributed by atoms with E-state index in [1.807, 2.05) is 0 Å². The van der Waals surface area contributed by atoms with Crippen molar-refractivity contribution >= 4 is 21.8 Å². The Morgan fingerprint density at radius 1 is 1.25 bits per heavy atom. The predicted molar refractivity (Wildman–Crippen MR) is 83.7 cm³/mol. The van der Waals surface area contributed by atoms with E-state index in [1.165, 1.54) is 5.56 Å². The molecule has 3 rings (SSSR count). The minimum atomic E-state index is 0.191. The lowest BCUT2D eigenvalue weighted by atomic mass is 10.0. The maximum absolute atomic E-state index is 12.3. The fraction of sp³-hybridized carbons (Fsp3) is 0.562. The van der Waals surface area contributed by atoms with Gasteiger partial charge in [-0.1, -0.05) is 28.1 Å². The molecule has 0 spiro atoms. The van der Waals surface area contributed by atoms with E-state index in [0.29, 0.717) is 12.0 Å². The lowest BCUT2D eigenvalue weighted by Crippen LogP contribution is -2.44. The van der Waals surface area contributed by atoms with Gasteiger partial charge in [0.05, 0.1) is 0 Å². The first-order valence-corrected chi connectivity index (χ1v) is 8.17. The van der Waals surface area contributed by atoms with Crippen LogP contribution in [0.25, 0.3) is 0 Å². The van der Waals surface area contributed by atoms with Crippen LogP contribution in [0.2, 0.25) is 0 Å². The summed E-state index contributed by atoms with van der Waals surface area (Å²) < 4.78 is 1.09. The molecule has 0 unspecified atom stereocenters. The molecule has 1 saturated heterocycles. The maximum Gasteiger partial charge on any atom is 0.223 e. The number of amides is 1. The van der Waals surface area contributed by atoms with Crippen LogP contribution in [0.3, 0.4) is 0 Å². The number of hydrogen-bond donors (Lipinski definition) is 1. The second kappa shape index (κ2) is 5.86. The Bertz CT molecular complexity index is 480. The zero-order valence-corrected chi connectivity index (χ0v) is 13.4. The summed E-state index contributed by atoms with van der Waals surface area (Å²) in [7, 11) is 2.14. The third kappa shape index (κ3) is 3.23. The second-order valence-electron chi connectivity index (χ2n) is 6.09. The number of nitrogens with zero attached hydrogens (tertiary/aromatic N) is 1. The third-order valence-corrected chi connectivity index (χ3v) is 5.02. The van der Waals surface area contributed by atoms with Crippen LogP contribution in [-0.2, 0) is 4.79 Å². The molecule has 1 N–H and O–H groups in total. The van der Waals surface area contributed by atoms with Gasteiger partial charge < -0.3 is 10.2 Å². The molecule has 1 aromatic carbocycles. The number of carbonyl (C=O) groups is 1. The lowest BCUT2D eigenvalue weighted by Gasteiger charge is -2.29. The molecule has 1 saturated carbocycles. The lowest BCUT2D eigenvalue weighted by molar-refractivity contribution is -0.123. The number of benzene rings is 1. The first-order chi connectivity index (χ1) is 9.63. The third-order valence-electron chi connectivity index (χ3n) is 4.49. The Labute approximate surface area is 128 Å². The fourth-order valence-electron chi connectivity index (χ4n) is 3.02. The summed E-state index contributed by atoms with van der Waals surface area (Å²) in [5.74, 6) is 0.873. The summed E-state index contributed by atoms with van der Waals surface area (Å²) in [6.45, 7) is 2.18. The Balaban J connectivity index is 1.51. The zero-order chi connectivity index (χ0) is 14.1. The van der Waals surface area contributed by atoms with Crippen LogP contribution in [0, 0.1) is 5.92 Å². The summed E-state index contributed by atoms with van der Waals surface area (Å²) in [4.78, 5) is 14.6. The second-order valence-corrected chi connectivity index (χ2v) is 7.00. The van der Waals surface area contributed by atoms with Crippen molar-refractivity contribution in [2.75, 3.05) is 20.1 Å². The van der Waals surface area contributed by atoms with Gasteiger partial charge in [-0.05, 0) is 63.0 Å². The molecule has 2 aliphatic rings. The van der Waals surface area contributed by atoms with Gasteiger partial charge in [-0.25, -0.2) is 0 Å². The molecule has 3 nitrogen and oxygen atoms in total. The molecule has 1 aliphatic heterocycles. The largest absolute Gasteiger partial charge is 0.353 e. The van der Waals surface area contributed by atoms with Crippen molar-refractivity contribution in [3.05, 3.63) is 34.3 Å². The molecule has 0 bridgehead atoms. The van der Waals surface area contributed by atoms with Crippen molar-refractivity contribution in [1.82, 2.24) is 10.2 Å². The normalized spacial score (nSPS) is 27.3. The molecule has 20 heavy (non-hydrogen) atoms. The van der Waals surface area contributed by atoms with Gasteiger partial charge in [-0.2, -0.15) is 0 Å². The van der Waals surface area contributed by atoms with Crippen molar-refractivity contribution in [3.63, 3.8) is 0 Å². The van der Waals surface area contributed by atoms with Crippen molar-refractivity contribution in [3.8, 4) is 0 Å². The molecule has 0 aromatic heterocycles. The van der Waals surface area contributed by atoms with Crippen LogP contribution in [0.5, 0.6) is 0 Å². The molecule has 2 atom stereocenters. The van der Waals surface area contributed by atoms with E-state index in [-0.39, 0.29) is 11.8 Å². The molecule has 1 aliphatic carbocycles. The van der Waals surface area contributed by atoms with Crippen molar-refractivity contribution < 1.29 is 4.79 Å². The van der Waals surface area contributed by atoms with E-state index in [2.05, 4.69) is 57.5 Å². The molecule has 108 valence electrons. The average Bonchev–Trinajstić information content (AvgIpc) is 3.23. The van der Waals surface area contributed by atoms with Gasteiger partial charge in [0.25, 0.3) is 0 Å². The van der Waals surface area contributed by atoms with Crippen LogP contribution >= 0.6 is 15.9 Å². The summed E-state index contributed by atoms with van der Waals surface area (Å²) >= 11 is 3.45. The van der Waals surface area contributed by atoms with Gasteiger partial charge >= 0.3 is 0 Å². The first kappa shape index (κ1) is 14.1. The van der Waals surface area contributed by atoms with Gasteiger partial charge in [0.15, 0.2) is 0 Å². The summed E-state index contributed by atoms with van der Waals surface area (Å²) in [6.07, 6.45) is 3.16. The van der Waals surface area contributed by atoms with Gasteiger partial charge in [0.2, 0.25) is 5.91 Å². The predicted octanol–water partition coefficient (Wildman–Crippen LogP) is 2.76. The van der Waals surface area contributed by atoms with Crippen LogP contribution < -0.4 is 5.32 Å². The van der Waals surface area contributed by atoms with Gasteiger partial charge in [-0.3, -0.25) is 4.79 Å². The molecule has 1 heterocycles. The van der Waals surface area contributed by atoms with E-state index in [9.17, 15) is 4.79 Å². The topological polar surface area (TPSA) is 32.3 Å². The molecule has 4 heteroatoms. The number of nitrogens with one attached hydrogen (secondary N) is 1. The van der Waals surface area contributed by atoms with Crippen molar-refractivity contribution in [1.29, 1.82) is 0 Å². The molecular weight excluding hydrogens is 316 g/mol. The fourth-order valence-corrected chi connectivity index (χ4v) is 3.29. The highest BCUT2D eigenvalue weighted by atomic mass is 79.9. The van der Waals surface area contributed by atoms with E-state index < -0.39 is 0 Å². The Morgan fingerprint density at radius 3 is 2.55 bits per heavy atom. The highest BCUT2D eigenvalue weighted by Gasteiger charge is 2.44.